The van der Waals surface area contributed by atoms with Crippen molar-refractivity contribution in [2.45, 2.75) is 45.1 Å². The Hall–Kier alpha value is -1.35. The van der Waals surface area contributed by atoms with Gasteiger partial charge in [0.1, 0.15) is 5.82 Å². The molecule has 3 rings (SSSR count). The van der Waals surface area contributed by atoms with Crippen LogP contribution in [0.2, 0.25) is 0 Å². The highest BCUT2D eigenvalue weighted by Gasteiger charge is 2.16. The second kappa shape index (κ2) is 5.33. The number of aromatic nitrogens is 2. The molecule has 1 saturated carbocycles. The summed E-state index contributed by atoms with van der Waals surface area (Å²) in [5.41, 5.74) is 9.16. The molecule has 0 spiro atoms. The number of nitrogens with zero attached hydrogens (tertiary/aromatic N) is 2. The maximum absolute atomic E-state index is 5.69. The van der Waals surface area contributed by atoms with E-state index >= 15 is 0 Å². The van der Waals surface area contributed by atoms with Crippen LogP contribution in [0.3, 0.4) is 0 Å². The summed E-state index contributed by atoms with van der Waals surface area (Å²) in [6, 6.07) is 6.36. The van der Waals surface area contributed by atoms with Crippen molar-refractivity contribution in [1.29, 1.82) is 0 Å². The third-order valence-electron chi connectivity index (χ3n) is 4.52. The fraction of sp³-hybridized carbons (Fsp3) is 0.562. The van der Waals surface area contributed by atoms with E-state index in [0.717, 1.165) is 23.4 Å². The topological polar surface area (TPSA) is 43.8 Å². The van der Waals surface area contributed by atoms with Crippen molar-refractivity contribution in [3.8, 4) is 0 Å². The molecule has 1 aromatic heterocycles. The molecular formula is C16H23N3. The maximum atomic E-state index is 5.69. The summed E-state index contributed by atoms with van der Waals surface area (Å²) in [7, 11) is 2.13. The quantitative estimate of drug-likeness (QED) is 0.914. The van der Waals surface area contributed by atoms with E-state index in [1.807, 2.05) is 0 Å². The van der Waals surface area contributed by atoms with E-state index in [1.165, 1.54) is 43.4 Å². The number of imidazole rings is 1. The zero-order valence-corrected chi connectivity index (χ0v) is 11.7. The zero-order valence-electron chi connectivity index (χ0n) is 11.7. The fourth-order valence-corrected chi connectivity index (χ4v) is 3.28. The lowest BCUT2D eigenvalue weighted by Crippen LogP contribution is -2.02. The van der Waals surface area contributed by atoms with Crippen LogP contribution in [0.25, 0.3) is 11.0 Å². The smallest absolute Gasteiger partial charge is 0.109 e. The summed E-state index contributed by atoms with van der Waals surface area (Å²) >= 11 is 0. The van der Waals surface area contributed by atoms with Crippen molar-refractivity contribution in [2.75, 3.05) is 0 Å². The van der Waals surface area contributed by atoms with Gasteiger partial charge in [-0.2, -0.15) is 0 Å². The number of nitrogens with two attached hydrogens (primary N) is 1. The van der Waals surface area contributed by atoms with Crippen molar-refractivity contribution < 1.29 is 0 Å². The second-order valence-corrected chi connectivity index (χ2v) is 5.80. The van der Waals surface area contributed by atoms with Crippen molar-refractivity contribution in [2.24, 2.45) is 18.7 Å². The molecule has 0 amide bonds. The van der Waals surface area contributed by atoms with Crippen LogP contribution >= 0.6 is 0 Å². The number of aryl methyl sites for hydroxylation is 2. The Labute approximate surface area is 114 Å². The molecule has 2 N–H and O–H groups in total. The van der Waals surface area contributed by atoms with E-state index < -0.39 is 0 Å². The lowest BCUT2D eigenvalue weighted by Gasteiger charge is -2.08. The Morgan fingerprint density at radius 2 is 2.11 bits per heavy atom. The Bertz CT molecular complexity index is 565. The number of hydrogen-bond donors (Lipinski definition) is 1. The molecule has 0 atom stereocenters. The van der Waals surface area contributed by atoms with Crippen molar-refractivity contribution in [3.63, 3.8) is 0 Å². The predicted molar refractivity (Wildman–Crippen MR) is 78.9 cm³/mol. The molecule has 1 fully saturated rings. The van der Waals surface area contributed by atoms with Gasteiger partial charge in [-0.05, 0) is 30.0 Å². The minimum Gasteiger partial charge on any atom is -0.331 e. The molecule has 1 heterocycles. The van der Waals surface area contributed by atoms with Crippen LogP contribution in [-0.2, 0) is 20.0 Å². The minimum absolute atomic E-state index is 0.587. The van der Waals surface area contributed by atoms with Crippen LogP contribution in [-0.4, -0.2) is 9.55 Å². The van der Waals surface area contributed by atoms with Crippen LogP contribution in [0.1, 0.15) is 43.5 Å². The molecule has 3 heteroatoms. The van der Waals surface area contributed by atoms with Gasteiger partial charge in [-0.1, -0.05) is 31.7 Å². The monoisotopic (exact) mass is 257 g/mol. The average Bonchev–Trinajstić information content (AvgIpc) is 3.04. The van der Waals surface area contributed by atoms with Gasteiger partial charge < -0.3 is 10.3 Å². The van der Waals surface area contributed by atoms with Gasteiger partial charge in [0.05, 0.1) is 11.0 Å². The van der Waals surface area contributed by atoms with Crippen LogP contribution in [0, 0.1) is 5.92 Å². The maximum Gasteiger partial charge on any atom is 0.109 e. The highest BCUT2D eigenvalue weighted by molar-refractivity contribution is 5.76. The molecule has 1 aliphatic rings. The van der Waals surface area contributed by atoms with Gasteiger partial charge in [0, 0.05) is 20.0 Å². The van der Waals surface area contributed by atoms with E-state index in [-0.39, 0.29) is 0 Å². The van der Waals surface area contributed by atoms with Gasteiger partial charge in [-0.3, -0.25) is 0 Å². The lowest BCUT2D eigenvalue weighted by atomic mass is 10.0. The minimum atomic E-state index is 0.587. The summed E-state index contributed by atoms with van der Waals surface area (Å²) in [6.07, 6.45) is 8.08. The SMILES string of the molecule is Cn1c(CCC2CCCC2)nc2cc(CN)ccc21. The summed E-state index contributed by atoms with van der Waals surface area (Å²) in [6.45, 7) is 0.587. The van der Waals surface area contributed by atoms with E-state index in [0.29, 0.717) is 6.54 Å². The zero-order chi connectivity index (χ0) is 13.2. The van der Waals surface area contributed by atoms with E-state index in [9.17, 15) is 0 Å². The van der Waals surface area contributed by atoms with E-state index in [2.05, 4.69) is 29.8 Å². The Morgan fingerprint density at radius 1 is 1.32 bits per heavy atom. The highest BCUT2D eigenvalue weighted by atomic mass is 15.1. The normalized spacial score (nSPS) is 16.5. The molecule has 0 saturated heterocycles. The Kier molecular flexibility index (Phi) is 3.56. The molecule has 0 bridgehead atoms. The van der Waals surface area contributed by atoms with E-state index in [1.54, 1.807) is 0 Å². The van der Waals surface area contributed by atoms with Crippen molar-refractivity contribution in [3.05, 3.63) is 29.6 Å². The lowest BCUT2D eigenvalue weighted by molar-refractivity contribution is 0.493. The molecule has 0 unspecified atom stereocenters. The molecule has 1 aliphatic carbocycles. The molecular weight excluding hydrogens is 234 g/mol. The fourth-order valence-electron chi connectivity index (χ4n) is 3.28. The average molecular weight is 257 g/mol. The van der Waals surface area contributed by atoms with Gasteiger partial charge in [-0.25, -0.2) is 4.98 Å². The number of rotatable bonds is 4. The molecule has 0 aliphatic heterocycles. The summed E-state index contributed by atoms with van der Waals surface area (Å²) in [5, 5.41) is 0. The first-order valence-corrected chi connectivity index (χ1v) is 7.42. The molecule has 0 radical (unpaired) electrons. The van der Waals surface area contributed by atoms with Crippen molar-refractivity contribution >= 4 is 11.0 Å². The standard InChI is InChI=1S/C16H23N3/c1-19-15-8-6-13(11-17)10-14(15)18-16(19)9-7-12-4-2-3-5-12/h6,8,10,12H,2-5,7,9,11,17H2,1H3. The first kappa shape index (κ1) is 12.7. The van der Waals surface area contributed by atoms with Crippen molar-refractivity contribution in [1.82, 2.24) is 9.55 Å². The second-order valence-electron chi connectivity index (χ2n) is 5.80. The Balaban J connectivity index is 1.80. The van der Waals surface area contributed by atoms with Crippen LogP contribution in [0.15, 0.2) is 18.2 Å². The molecule has 102 valence electrons. The largest absolute Gasteiger partial charge is 0.331 e. The van der Waals surface area contributed by atoms with E-state index in [4.69, 9.17) is 10.7 Å². The number of benzene rings is 1. The van der Waals surface area contributed by atoms with Gasteiger partial charge in [0.2, 0.25) is 0 Å². The van der Waals surface area contributed by atoms with Crippen LogP contribution in [0.4, 0.5) is 0 Å². The number of hydrogen-bond acceptors (Lipinski definition) is 2. The number of fused-ring (bicyclic) bond motifs is 1. The van der Waals surface area contributed by atoms with Gasteiger partial charge >= 0.3 is 0 Å². The Morgan fingerprint density at radius 3 is 2.84 bits per heavy atom. The molecule has 3 nitrogen and oxygen atoms in total. The first-order valence-electron chi connectivity index (χ1n) is 7.42. The summed E-state index contributed by atoms with van der Waals surface area (Å²) < 4.78 is 2.24. The third-order valence-corrected chi connectivity index (χ3v) is 4.52. The highest BCUT2D eigenvalue weighted by Crippen LogP contribution is 2.29. The summed E-state index contributed by atoms with van der Waals surface area (Å²) in [4.78, 5) is 4.79. The molecule has 19 heavy (non-hydrogen) atoms. The molecule has 1 aromatic carbocycles. The van der Waals surface area contributed by atoms with Gasteiger partial charge in [-0.15, -0.1) is 0 Å². The van der Waals surface area contributed by atoms with Gasteiger partial charge in [0.15, 0.2) is 0 Å². The van der Waals surface area contributed by atoms with Gasteiger partial charge in [0.25, 0.3) is 0 Å². The van der Waals surface area contributed by atoms with Crippen LogP contribution in [0.5, 0.6) is 0 Å². The summed E-state index contributed by atoms with van der Waals surface area (Å²) in [5.74, 6) is 2.15. The predicted octanol–water partition coefficient (Wildman–Crippen LogP) is 3.15. The van der Waals surface area contributed by atoms with Crippen LogP contribution < -0.4 is 5.73 Å². The molecule has 2 aromatic rings. The first-order chi connectivity index (χ1) is 9.28. The third kappa shape index (κ3) is 2.52.